The van der Waals surface area contributed by atoms with Gasteiger partial charge in [0.05, 0.1) is 0 Å². The number of rotatable bonds is 0. The van der Waals surface area contributed by atoms with E-state index in [2.05, 4.69) is 13.0 Å². The fraction of sp³-hybridized carbons (Fsp3) is 0.867. The summed E-state index contributed by atoms with van der Waals surface area (Å²) in [5.74, 6) is 2.00. The van der Waals surface area contributed by atoms with E-state index in [0.717, 1.165) is 11.8 Å². The minimum absolute atomic E-state index is 0.697. The van der Waals surface area contributed by atoms with Crippen LogP contribution in [0.4, 0.5) is 0 Å². The summed E-state index contributed by atoms with van der Waals surface area (Å²) in [6.45, 7) is 2.61. The van der Waals surface area contributed by atoms with Crippen molar-refractivity contribution in [2.75, 3.05) is 0 Å². The lowest BCUT2D eigenvalue weighted by Gasteiger charge is -2.52. The number of fused-ring (bicyclic) bond motifs is 3. The Morgan fingerprint density at radius 3 is 2.93 bits per heavy atom. The van der Waals surface area contributed by atoms with E-state index in [1.54, 1.807) is 0 Å². The summed E-state index contributed by atoms with van der Waals surface area (Å²) in [4.78, 5) is 0. The van der Waals surface area contributed by atoms with Crippen molar-refractivity contribution in [2.24, 2.45) is 17.3 Å². The standard InChI is InChI=1S/C15H24/c1-15-11-5-4-7-13(15)10-9-12-6-2-3-8-14(12)15/h9,13-14H,2-8,10-11H2,1H3/t13?,14-,15-/m1/s1. The van der Waals surface area contributed by atoms with Gasteiger partial charge in [0, 0.05) is 0 Å². The molecule has 0 amide bonds. The van der Waals surface area contributed by atoms with Crippen LogP contribution in [-0.4, -0.2) is 0 Å². The van der Waals surface area contributed by atoms with E-state index in [-0.39, 0.29) is 0 Å². The first kappa shape index (κ1) is 9.93. The molecule has 3 rings (SSSR count). The lowest BCUT2D eigenvalue weighted by Crippen LogP contribution is -2.42. The van der Waals surface area contributed by atoms with Gasteiger partial charge < -0.3 is 0 Å². The SMILES string of the molecule is C[C@@]12CCCCC1CC=C1CCCC[C@H]12. The zero-order chi connectivity index (χ0) is 10.3. The predicted molar refractivity (Wildman–Crippen MR) is 64.7 cm³/mol. The molecule has 0 aromatic carbocycles. The molecule has 1 unspecified atom stereocenters. The molecule has 0 saturated heterocycles. The molecule has 0 aromatic heterocycles. The van der Waals surface area contributed by atoms with Gasteiger partial charge in [-0.05, 0) is 55.8 Å². The molecular weight excluding hydrogens is 180 g/mol. The Balaban J connectivity index is 1.92. The highest BCUT2D eigenvalue weighted by atomic mass is 14.5. The summed E-state index contributed by atoms with van der Waals surface area (Å²) in [6.07, 6.45) is 15.9. The Kier molecular flexibility index (Phi) is 2.41. The largest absolute Gasteiger partial charge is 0.0847 e. The Hall–Kier alpha value is -0.260. The number of allylic oxidation sites excluding steroid dienone is 2. The highest BCUT2D eigenvalue weighted by Gasteiger charge is 2.46. The average Bonchev–Trinajstić information content (AvgIpc) is 2.29. The van der Waals surface area contributed by atoms with Crippen LogP contribution in [0, 0.1) is 17.3 Å². The van der Waals surface area contributed by atoms with Crippen molar-refractivity contribution in [2.45, 2.75) is 64.7 Å². The molecule has 3 aliphatic carbocycles. The second kappa shape index (κ2) is 3.64. The molecule has 3 aliphatic rings. The topological polar surface area (TPSA) is 0 Å². The van der Waals surface area contributed by atoms with Crippen LogP contribution in [0.15, 0.2) is 11.6 Å². The van der Waals surface area contributed by atoms with Crippen LogP contribution in [0.5, 0.6) is 0 Å². The fourth-order valence-corrected chi connectivity index (χ4v) is 4.60. The molecule has 0 nitrogen and oxygen atoms in total. The summed E-state index contributed by atoms with van der Waals surface area (Å²) in [7, 11) is 0. The molecule has 0 radical (unpaired) electrons. The molecule has 0 aliphatic heterocycles. The van der Waals surface area contributed by atoms with E-state index in [0.29, 0.717) is 5.41 Å². The van der Waals surface area contributed by atoms with Crippen molar-refractivity contribution in [3.8, 4) is 0 Å². The van der Waals surface area contributed by atoms with Crippen LogP contribution in [-0.2, 0) is 0 Å². The molecule has 15 heavy (non-hydrogen) atoms. The monoisotopic (exact) mass is 204 g/mol. The Morgan fingerprint density at radius 1 is 1.13 bits per heavy atom. The van der Waals surface area contributed by atoms with Crippen molar-refractivity contribution >= 4 is 0 Å². The molecular formula is C15H24. The van der Waals surface area contributed by atoms with Crippen LogP contribution in [0.3, 0.4) is 0 Å². The third-order valence-electron chi connectivity index (χ3n) is 5.57. The summed E-state index contributed by atoms with van der Waals surface area (Å²) < 4.78 is 0. The third-order valence-corrected chi connectivity index (χ3v) is 5.57. The smallest absolute Gasteiger partial charge is 0.0146 e. The highest BCUT2D eigenvalue weighted by molar-refractivity contribution is 5.19. The highest BCUT2D eigenvalue weighted by Crippen LogP contribution is 2.56. The molecule has 84 valence electrons. The molecule has 0 bridgehead atoms. The maximum Gasteiger partial charge on any atom is -0.0146 e. The summed E-state index contributed by atoms with van der Waals surface area (Å²) in [5.41, 5.74) is 2.55. The van der Waals surface area contributed by atoms with Crippen molar-refractivity contribution in [3.63, 3.8) is 0 Å². The van der Waals surface area contributed by atoms with Crippen LogP contribution < -0.4 is 0 Å². The zero-order valence-electron chi connectivity index (χ0n) is 10.1. The molecule has 0 spiro atoms. The molecule has 0 heterocycles. The van der Waals surface area contributed by atoms with E-state index < -0.39 is 0 Å². The summed E-state index contributed by atoms with van der Waals surface area (Å²) in [5, 5.41) is 0. The Bertz CT molecular complexity index is 276. The molecule has 3 atom stereocenters. The quantitative estimate of drug-likeness (QED) is 0.502. The fourth-order valence-electron chi connectivity index (χ4n) is 4.60. The van der Waals surface area contributed by atoms with E-state index in [9.17, 15) is 0 Å². The molecule has 2 fully saturated rings. The number of hydrogen-bond donors (Lipinski definition) is 0. The maximum atomic E-state index is 2.63. The average molecular weight is 204 g/mol. The van der Waals surface area contributed by atoms with Crippen LogP contribution >= 0.6 is 0 Å². The van der Waals surface area contributed by atoms with Gasteiger partial charge in [-0.2, -0.15) is 0 Å². The first-order valence-electron chi connectivity index (χ1n) is 6.99. The second-order valence-corrected chi connectivity index (χ2v) is 6.26. The van der Waals surface area contributed by atoms with E-state index in [4.69, 9.17) is 0 Å². The maximum absolute atomic E-state index is 2.63. The first-order chi connectivity index (χ1) is 7.31. The van der Waals surface area contributed by atoms with Crippen LogP contribution in [0.2, 0.25) is 0 Å². The van der Waals surface area contributed by atoms with E-state index in [1.165, 1.54) is 57.8 Å². The van der Waals surface area contributed by atoms with E-state index >= 15 is 0 Å². The van der Waals surface area contributed by atoms with Crippen molar-refractivity contribution in [1.29, 1.82) is 0 Å². The van der Waals surface area contributed by atoms with Crippen molar-refractivity contribution in [1.82, 2.24) is 0 Å². The minimum atomic E-state index is 0.697. The van der Waals surface area contributed by atoms with Gasteiger partial charge in [-0.3, -0.25) is 0 Å². The van der Waals surface area contributed by atoms with Gasteiger partial charge in [-0.25, -0.2) is 0 Å². The van der Waals surface area contributed by atoms with Gasteiger partial charge >= 0.3 is 0 Å². The van der Waals surface area contributed by atoms with Crippen LogP contribution in [0.25, 0.3) is 0 Å². The summed E-state index contributed by atoms with van der Waals surface area (Å²) in [6, 6.07) is 0. The van der Waals surface area contributed by atoms with Gasteiger partial charge in [-0.15, -0.1) is 0 Å². The molecule has 0 heteroatoms. The Labute approximate surface area is 94.1 Å². The summed E-state index contributed by atoms with van der Waals surface area (Å²) >= 11 is 0. The van der Waals surface area contributed by atoms with Crippen LogP contribution in [0.1, 0.15) is 64.7 Å². The zero-order valence-corrected chi connectivity index (χ0v) is 10.1. The van der Waals surface area contributed by atoms with Gasteiger partial charge in [-0.1, -0.05) is 37.8 Å². The third kappa shape index (κ3) is 1.48. The Morgan fingerprint density at radius 2 is 2.00 bits per heavy atom. The lowest BCUT2D eigenvalue weighted by molar-refractivity contribution is 0.0384. The molecule has 0 N–H and O–H groups in total. The van der Waals surface area contributed by atoms with Crippen molar-refractivity contribution < 1.29 is 0 Å². The molecule has 0 aromatic rings. The first-order valence-corrected chi connectivity index (χ1v) is 6.99. The predicted octanol–water partition coefficient (Wildman–Crippen LogP) is 4.70. The van der Waals surface area contributed by atoms with Gasteiger partial charge in [0.15, 0.2) is 0 Å². The van der Waals surface area contributed by atoms with Gasteiger partial charge in [0.2, 0.25) is 0 Å². The van der Waals surface area contributed by atoms with Gasteiger partial charge in [0.1, 0.15) is 0 Å². The normalized spacial score (nSPS) is 45.3. The number of hydrogen-bond acceptors (Lipinski definition) is 0. The second-order valence-electron chi connectivity index (χ2n) is 6.26. The molecule has 2 saturated carbocycles. The van der Waals surface area contributed by atoms with E-state index in [1.807, 2.05) is 5.57 Å². The van der Waals surface area contributed by atoms with Gasteiger partial charge in [0.25, 0.3) is 0 Å². The van der Waals surface area contributed by atoms with Crippen molar-refractivity contribution in [3.05, 3.63) is 11.6 Å². The minimum Gasteiger partial charge on any atom is -0.0847 e. The lowest BCUT2D eigenvalue weighted by atomic mass is 9.53.